The summed E-state index contributed by atoms with van der Waals surface area (Å²) in [6.45, 7) is 8.79. The molecule has 1 aliphatic heterocycles. The van der Waals surface area contributed by atoms with Crippen LogP contribution in [0.25, 0.3) is 10.9 Å². The molecule has 0 saturated carbocycles. The number of carbonyl (C=O) groups is 1. The standard InChI is InChI=1S/C19H26N4OS/c1-4-20-17-15-7-5-6-8-16(15)21-19(22-17)25-14(3)18(24)23-11-9-13(2)10-12-23/h5-8,13-14H,4,9-12H2,1-3H3,(H,20,21,22). The van der Waals surface area contributed by atoms with Crippen molar-refractivity contribution in [2.24, 2.45) is 5.92 Å². The molecule has 1 saturated heterocycles. The van der Waals surface area contributed by atoms with Gasteiger partial charge >= 0.3 is 0 Å². The van der Waals surface area contributed by atoms with Crippen LogP contribution in [0.4, 0.5) is 5.82 Å². The predicted molar refractivity (Wildman–Crippen MR) is 104 cm³/mol. The van der Waals surface area contributed by atoms with E-state index >= 15 is 0 Å². The van der Waals surface area contributed by atoms with Crippen molar-refractivity contribution in [3.05, 3.63) is 24.3 Å². The lowest BCUT2D eigenvalue weighted by Gasteiger charge is -2.31. The number of aromatic nitrogens is 2. The number of para-hydroxylation sites is 1. The highest BCUT2D eigenvalue weighted by atomic mass is 32.2. The molecular formula is C19H26N4OS. The number of carbonyl (C=O) groups excluding carboxylic acids is 1. The maximum Gasteiger partial charge on any atom is 0.235 e. The van der Waals surface area contributed by atoms with E-state index in [2.05, 4.69) is 22.2 Å². The van der Waals surface area contributed by atoms with Gasteiger partial charge in [-0.1, -0.05) is 30.8 Å². The number of anilines is 1. The minimum Gasteiger partial charge on any atom is -0.370 e. The van der Waals surface area contributed by atoms with Crippen LogP contribution in [0.2, 0.25) is 0 Å². The van der Waals surface area contributed by atoms with E-state index in [4.69, 9.17) is 0 Å². The van der Waals surface area contributed by atoms with Crippen LogP contribution in [0.15, 0.2) is 29.4 Å². The summed E-state index contributed by atoms with van der Waals surface area (Å²) < 4.78 is 0. The fourth-order valence-electron chi connectivity index (χ4n) is 3.10. The molecule has 2 aromatic rings. The van der Waals surface area contributed by atoms with Crippen molar-refractivity contribution in [1.82, 2.24) is 14.9 Å². The topological polar surface area (TPSA) is 58.1 Å². The molecule has 5 nitrogen and oxygen atoms in total. The molecule has 1 amide bonds. The molecule has 0 bridgehead atoms. The quantitative estimate of drug-likeness (QED) is 0.651. The maximum absolute atomic E-state index is 12.7. The van der Waals surface area contributed by atoms with Crippen molar-refractivity contribution in [2.45, 2.75) is 44.0 Å². The highest BCUT2D eigenvalue weighted by Crippen LogP contribution is 2.28. The number of benzene rings is 1. The second-order valence-corrected chi connectivity index (χ2v) is 7.98. The van der Waals surface area contributed by atoms with Gasteiger partial charge in [0.1, 0.15) is 5.82 Å². The Bertz CT molecular complexity index is 743. The predicted octanol–water partition coefficient (Wildman–Crippen LogP) is 3.80. The molecule has 1 atom stereocenters. The van der Waals surface area contributed by atoms with E-state index in [9.17, 15) is 4.79 Å². The van der Waals surface area contributed by atoms with Gasteiger partial charge in [0.25, 0.3) is 0 Å². The zero-order valence-corrected chi connectivity index (χ0v) is 16.0. The van der Waals surface area contributed by atoms with Crippen LogP contribution in [0.5, 0.6) is 0 Å². The first-order valence-corrected chi connectivity index (χ1v) is 9.92. The lowest BCUT2D eigenvalue weighted by Crippen LogP contribution is -2.41. The van der Waals surface area contributed by atoms with Gasteiger partial charge in [0.2, 0.25) is 5.91 Å². The van der Waals surface area contributed by atoms with Crippen LogP contribution in [0.1, 0.15) is 33.6 Å². The van der Waals surface area contributed by atoms with Crippen LogP contribution in [-0.4, -0.2) is 45.7 Å². The van der Waals surface area contributed by atoms with Crippen LogP contribution in [-0.2, 0) is 4.79 Å². The first kappa shape index (κ1) is 18.0. The summed E-state index contributed by atoms with van der Waals surface area (Å²) in [5.74, 6) is 1.75. The van der Waals surface area contributed by atoms with Gasteiger partial charge in [0.05, 0.1) is 10.8 Å². The molecule has 0 aliphatic carbocycles. The van der Waals surface area contributed by atoms with E-state index in [0.717, 1.165) is 55.1 Å². The van der Waals surface area contributed by atoms with Gasteiger partial charge in [0.15, 0.2) is 5.16 Å². The van der Waals surface area contributed by atoms with E-state index < -0.39 is 0 Å². The minimum absolute atomic E-state index is 0.177. The Morgan fingerprint density at radius 1 is 1.32 bits per heavy atom. The minimum atomic E-state index is -0.177. The zero-order valence-electron chi connectivity index (χ0n) is 15.2. The molecular weight excluding hydrogens is 332 g/mol. The average Bonchev–Trinajstić information content (AvgIpc) is 2.62. The first-order chi connectivity index (χ1) is 12.1. The second-order valence-electron chi connectivity index (χ2n) is 6.67. The molecule has 1 fully saturated rings. The summed E-state index contributed by atoms with van der Waals surface area (Å²) in [6.07, 6.45) is 2.19. The van der Waals surface area contributed by atoms with Gasteiger partial charge in [-0.15, -0.1) is 0 Å². The number of rotatable bonds is 5. The van der Waals surface area contributed by atoms with Crippen molar-refractivity contribution < 1.29 is 4.79 Å². The lowest BCUT2D eigenvalue weighted by atomic mass is 9.99. The van der Waals surface area contributed by atoms with Gasteiger partial charge in [-0.25, -0.2) is 9.97 Å². The Balaban J connectivity index is 1.76. The van der Waals surface area contributed by atoms with Gasteiger partial charge in [0, 0.05) is 25.0 Å². The Morgan fingerprint density at radius 2 is 2.04 bits per heavy atom. The SMILES string of the molecule is CCNc1nc(SC(C)C(=O)N2CCC(C)CC2)nc2ccccc12. The monoisotopic (exact) mass is 358 g/mol. The van der Waals surface area contributed by atoms with E-state index in [-0.39, 0.29) is 11.2 Å². The number of thioether (sulfide) groups is 1. The number of fused-ring (bicyclic) bond motifs is 1. The molecule has 134 valence electrons. The summed E-state index contributed by atoms with van der Waals surface area (Å²) in [5.41, 5.74) is 0.905. The third-order valence-electron chi connectivity index (χ3n) is 4.65. The molecule has 1 aliphatic rings. The molecule has 1 aromatic carbocycles. The van der Waals surface area contributed by atoms with Gasteiger partial charge in [-0.3, -0.25) is 4.79 Å². The Kier molecular flexibility index (Phi) is 5.78. The molecule has 25 heavy (non-hydrogen) atoms. The largest absolute Gasteiger partial charge is 0.370 e. The van der Waals surface area contributed by atoms with Gasteiger partial charge in [-0.05, 0) is 44.7 Å². The number of likely N-dealkylation sites (tertiary alicyclic amines) is 1. The van der Waals surface area contributed by atoms with Crippen molar-refractivity contribution in [3.63, 3.8) is 0 Å². The molecule has 2 heterocycles. The average molecular weight is 359 g/mol. The van der Waals surface area contributed by atoms with Crippen LogP contribution in [0, 0.1) is 5.92 Å². The second kappa shape index (κ2) is 8.04. The van der Waals surface area contributed by atoms with E-state index in [1.165, 1.54) is 11.8 Å². The number of hydrogen-bond acceptors (Lipinski definition) is 5. The Hall–Kier alpha value is -1.82. The summed E-state index contributed by atoms with van der Waals surface area (Å²) in [7, 11) is 0. The van der Waals surface area contributed by atoms with Crippen molar-refractivity contribution in [2.75, 3.05) is 25.0 Å². The van der Waals surface area contributed by atoms with E-state index in [0.29, 0.717) is 5.16 Å². The third kappa shape index (κ3) is 4.24. The third-order valence-corrected chi connectivity index (χ3v) is 5.60. The fourth-order valence-corrected chi connectivity index (χ4v) is 3.97. The maximum atomic E-state index is 12.7. The van der Waals surface area contributed by atoms with E-state index in [1.54, 1.807) is 0 Å². The molecule has 0 radical (unpaired) electrons. The van der Waals surface area contributed by atoms with Crippen molar-refractivity contribution >= 4 is 34.4 Å². The zero-order chi connectivity index (χ0) is 17.8. The number of nitrogens with one attached hydrogen (secondary N) is 1. The van der Waals surface area contributed by atoms with Crippen LogP contribution < -0.4 is 5.32 Å². The number of amides is 1. The molecule has 1 unspecified atom stereocenters. The Morgan fingerprint density at radius 3 is 2.76 bits per heavy atom. The Labute approximate surface area is 153 Å². The van der Waals surface area contributed by atoms with Crippen molar-refractivity contribution in [3.8, 4) is 0 Å². The summed E-state index contributed by atoms with van der Waals surface area (Å²) in [6, 6.07) is 7.97. The normalized spacial score (nSPS) is 16.8. The molecule has 3 rings (SSSR count). The highest BCUT2D eigenvalue weighted by Gasteiger charge is 2.26. The van der Waals surface area contributed by atoms with Crippen LogP contribution in [0.3, 0.4) is 0 Å². The summed E-state index contributed by atoms with van der Waals surface area (Å²) in [5, 5.41) is 4.79. The highest BCUT2D eigenvalue weighted by molar-refractivity contribution is 8.00. The summed E-state index contributed by atoms with van der Waals surface area (Å²) >= 11 is 1.45. The molecule has 0 spiro atoms. The number of piperidine rings is 1. The van der Waals surface area contributed by atoms with E-state index in [1.807, 2.05) is 43.0 Å². The van der Waals surface area contributed by atoms with Crippen molar-refractivity contribution in [1.29, 1.82) is 0 Å². The molecule has 6 heteroatoms. The van der Waals surface area contributed by atoms with Crippen LogP contribution >= 0.6 is 11.8 Å². The molecule has 1 aromatic heterocycles. The first-order valence-electron chi connectivity index (χ1n) is 9.04. The smallest absolute Gasteiger partial charge is 0.235 e. The van der Waals surface area contributed by atoms with Gasteiger partial charge < -0.3 is 10.2 Å². The lowest BCUT2D eigenvalue weighted by molar-refractivity contribution is -0.131. The fraction of sp³-hybridized carbons (Fsp3) is 0.526. The molecule has 1 N–H and O–H groups in total. The van der Waals surface area contributed by atoms with Gasteiger partial charge in [-0.2, -0.15) is 0 Å². The number of nitrogens with zero attached hydrogens (tertiary/aromatic N) is 3. The summed E-state index contributed by atoms with van der Waals surface area (Å²) in [4.78, 5) is 24.0. The number of hydrogen-bond donors (Lipinski definition) is 1.